The minimum absolute atomic E-state index is 0.00351. The van der Waals surface area contributed by atoms with E-state index in [-0.39, 0.29) is 12.8 Å². The SMILES string of the molecule is CCC(CCC(CC(=O)O)C(=O)O)C(CC(=O)O)C(=O)O. The Hall–Kier alpha value is -2.12. The second-order valence-corrected chi connectivity index (χ2v) is 4.92. The predicted molar refractivity (Wildman–Crippen MR) is 69.8 cm³/mol. The molecule has 0 amide bonds. The molecule has 0 aliphatic rings. The second-order valence-electron chi connectivity index (χ2n) is 4.92. The van der Waals surface area contributed by atoms with E-state index in [1.807, 2.05) is 0 Å². The summed E-state index contributed by atoms with van der Waals surface area (Å²) in [4.78, 5) is 43.3. The number of carboxylic acids is 4. The first-order valence-electron chi connectivity index (χ1n) is 6.58. The van der Waals surface area contributed by atoms with E-state index in [1.165, 1.54) is 0 Å². The zero-order chi connectivity index (χ0) is 16.6. The van der Waals surface area contributed by atoms with Crippen LogP contribution in [0.15, 0.2) is 0 Å². The van der Waals surface area contributed by atoms with Crippen LogP contribution in [-0.2, 0) is 19.2 Å². The molecule has 8 nitrogen and oxygen atoms in total. The first-order valence-corrected chi connectivity index (χ1v) is 6.58. The highest BCUT2D eigenvalue weighted by Crippen LogP contribution is 2.27. The summed E-state index contributed by atoms with van der Waals surface area (Å²) >= 11 is 0. The Morgan fingerprint density at radius 1 is 0.810 bits per heavy atom. The fourth-order valence-corrected chi connectivity index (χ4v) is 2.27. The van der Waals surface area contributed by atoms with Crippen molar-refractivity contribution in [1.29, 1.82) is 0 Å². The van der Waals surface area contributed by atoms with Crippen molar-refractivity contribution in [2.75, 3.05) is 0 Å². The molecule has 0 aliphatic carbocycles. The van der Waals surface area contributed by atoms with Crippen LogP contribution >= 0.6 is 0 Å². The summed E-state index contributed by atoms with van der Waals surface area (Å²) in [7, 11) is 0. The lowest BCUT2D eigenvalue weighted by molar-refractivity contribution is -0.151. The summed E-state index contributed by atoms with van der Waals surface area (Å²) in [6, 6.07) is 0. The molecule has 0 aliphatic heterocycles. The molecule has 0 aromatic carbocycles. The molecule has 3 atom stereocenters. The Bertz CT molecular complexity index is 403. The first-order chi connectivity index (χ1) is 9.68. The third kappa shape index (κ3) is 7.28. The van der Waals surface area contributed by atoms with Crippen molar-refractivity contribution < 1.29 is 39.6 Å². The van der Waals surface area contributed by atoms with Gasteiger partial charge in [-0.25, -0.2) is 0 Å². The Labute approximate surface area is 121 Å². The third-order valence-corrected chi connectivity index (χ3v) is 3.46. The molecular formula is C13H20O8. The van der Waals surface area contributed by atoms with Crippen LogP contribution in [0.5, 0.6) is 0 Å². The highest BCUT2D eigenvalue weighted by Gasteiger charge is 2.31. The molecule has 120 valence electrons. The van der Waals surface area contributed by atoms with Crippen molar-refractivity contribution in [3.63, 3.8) is 0 Å². The lowest BCUT2D eigenvalue weighted by Gasteiger charge is -2.22. The van der Waals surface area contributed by atoms with E-state index >= 15 is 0 Å². The normalized spacial score (nSPS) is 14.9. The van der Waals surface area contributed by atoms with Crippen LogP contribution in [0, 0.1) is 17.8 Å². The maximum atomic E-state index is 11.1. The topological polar surface area (TPSA) is 149 Å². The summed E-state index contributed by atoms with van der Waals surface area (Å²) in [5.41, 5.74) is 0. The van der Waals surface area contributed by atoms with Gasteiger partial charge in [-0.2, -0.15) is 0 Å². The van der Waals surface area contributed by atoms with Gasteiger partial charge in [0.25, 0.3) is 0 Å². The molecule has 0 aromatic heterocycles. The van der Waals surface area contributed by atoms with Crippen LogP contribution in [0.4, 0.5) is 0 Å². The molecule has 3 unspecified atom stereocenters. The maximum absolute atomic E-state index is 11.1. The maximum Gasteiger partial charge on any atom is 0.307 e. The summed E-state index contributed by atoms with van der Waals surface area (Å²) in [6.45, 7) is 1.69. The van der Waals surface area contributed by atoms with Crippen LogP contribution in [-0.4, -0.2) is 44.3 Å². The fourth-order valence-electron chi connectivity index (χ4n) is 2.27. The van der Waals surface area contributed by atoms with Crippen molar-refractivity contribution >= 4 is 23.9 Å². The van der Waals surface area contributed by atoms with Gasteiger partial charge in [0.1, 0.15) is 0 Å². The van der Waals surface area contributed by atoms with Gasteiger partial charge < -0.3 is 20.4 Å². The summed E-state index contributed by atoms with van der Waals surface area (Å²) < 4.78 is 0. The van der Waals surface area contributed by atoms with Crippen molar-refractivity contribution in [2.45, 2.75) is 39.0 Å². The Morgan fingerprint density at radius 3 is 1.67 bits per heavy atom. The molecule has 0 rings (SSSR count). The van der Waals surface area contributed by atoms with Crippen LogP contribution in [0.3, 0.4) is 0 Å². The van der Waals surface area contributed by atoms with E-state index < -0.39 is 54.5 Å². The standard InChI is InChI=1S/C13H20O8/c1-2-7(9(13(20)21)6-11(16)17)3-4-8(12(18)19)5-10(14)15/h7-9H,2-6H2,1H3,(H,14,15)(H,16,17)(H,18,19)(H,20,21). The van der Waals surface area contributed by atoms with E-state index in [4.69, 9.17) is 20.4 Å². The van der Waals surface area contributed by atoms with Crippen molar-refractivity contribution in [1.82, 2.24) is 0 Å². The molecule has 0 heterocycles. The largest absolute Gasteiger partial charge is 0.481 e. The molecular weight excluding hydrogens is 284 g/mol. The average Bonchev–Trinajstić information content (AvgIpc) is 2.35. The van der Waals surface area contributed by atoms with Gasteiger partial charge in [0.05, 0.1) is 24.7 Å². The Kier molecular flexibility index (Phi) is 8.03. The molecule has 8 heteroatoms. The zero-order valence-corrected chi connectivity index (χ0v) is 11.7. The van der Waals surface area contributed by atoms with Gasteiger partial charge in [-0.05, 0) is 18.8 Å². The molecule has 0 radical (unpaired) electrons. The van der Waals surface area contributed by atoms with Gasteiger partial charge in [0.15, 0.2) is 0 Å². The predicted octanol–water partition coefficient (Wildman–Crippen LogP) is 1.14. The lowest BCUT2D eigenvalue weighted by Crippen LogP contribution is -2.27. The molecule has 0 saturated carbocycles. The molecule has 21 heavy (non-hydrogen) atoms. The highest BCUT2D eigenvalue weighted by atomic mass is 16.4. The van der Waals surface area contributed by atoms with Gasteiger partial charge in [0, 0.05) is 0 Å². The van der Waals surface area contributed by atoms with Crippen LogP contribution in [0.1, 0.15) is 39.0 Å². The van der Waals surface area contributed by atoms with Gasteiger partial charge >= 0.3 is 23.9 Å². The minimum Gasteiger partial charge on any atom is -0.481 e. The number of rotatable bonds is 11. The van der Waals surface area contributed by atoms with E-state index in [0.29, 0.717) is 6.42 Å². The third-order valence-electron chi connectivity index (χ3n) is 3.46. The minimum atomic E-state index is -1.25. The van der Waals surface area contributed by atoms with Crippen molar-refractivity contribution in [2.24, 2.45) is 17.8 Å². The van der Waals surface area contributed by atoms with Gasteiger partial charge in [-0.15, -0.1) is 0 Å². The quantitative estimate of drug-likeness (QED) is 0.444. The Morgan fingerprint density at radius 2 is 1.33 bits per heavy atom. The van der Waals surface area contributed by atoms with Gasteiger partial charge in [0.2, 0.25) is 0 Å². The molecule has 0 bridgehead atoms. The Balaban J connectivity index is 4.78. The van der Waals surface area contributed by atoms with Crippen molar-refractivity contribution in [3.8, 4) is 0 Å². The average molecular weight is 304 g/mol. The summed E-state index contributed by atoms with van der Waals surface area (Å²) in [5, 5.41) is 35.4. The highest BCUT2D eigenvalue weighted by molar-refractivity contribution is 5.78. The summed E-state index contributed by atoms with van der Waals surface area (Å²) in [5.74, 6) is -7.68. The number of hydrogen-bond donors (Lipinski definition) is 4. The van der Waals surface area contributed by atoms with Crippen molar-refractivity contribution in [3.05, 3.63) is 0 Å². The van der Waals surface area contributed by atoms with E-state index in [9.17, 15) is 19.2 Å². The number of carboxylic acid groups (broad SMARTS) is 4. The molecule has 4 N–H and O–H groups in total. The zero-order valence-electron chi connectivity index (χ0n) is 11.7. The number of hydrogen-bond acceptors (Lipinski definition) is 4. The molecule has 0 spiro atoms. The number of aliphatic carboxylic acids is 4. The van der Waals surface area contributed by atoms with E-state index in [2.05, 4.69) is 0 Å². The van der Waals surface area contributed by atoms with Gasteiger partial charge in [-0.1, -0.05) is 13.3 Å². The van der Waals surface area contributed by atoms with E-state index in [1.54, 1.807) is 6.92 Å². The van der Waals surface area contributed by atoms with Crippen LogP contribution in [0.2, 0.25) is 0 Å². The molecule has 0 aromatic rings. The van der Waals surface area contributed by atoms with E-state index in [0.717, 1.165) is 0 Å². The molecule has 0 fully saturated rings. The first kappa shape index (κ1) is 18.9. The smallest absolute Gasteiger partial charge is 0.307 e. The van der Waals surface area contributed by atoms with Gasteiger partial charge in [-0.3, -0.25) is 19.2 Å². The van der Waals surface area contributed by atoms with Crippen LogP contribution in [0.25, 0.3) is 0 Å². The number of carbonyl (C=O) groups is 4. The second kappa shape index (κ2) is 8.93. The van der Waals surface area contributed by atoms with Crippen LogP contribution < -0.4 is 0 Å². The molecule has 0 saturated heterocycles. The summed E-state index contributed by atoms with van der Waals surface area (Å²) in [6.07, 6.45) is -0.537. The monoisotopic (exact) mass is 304 g/mol. The fraction of sp³-hybridized carbons (Fsp3) is 0.692. The lowest BCUT2D eigenvalue weighted by atomic mass is 9.82.